The fourth-order valence-corrected chi connectivity index (χ4v) is 1.82. The van der Waals surface area contributed by atoms with E-state index in [4.69, 9.17) is 0 Å². The van der Waals surface area contributed by atoms with Crippen LogP contribution in [-0.4, -0.2) is 13.6 Å². The first-order chi connectivity index (χ1) is 6.22. The molecule has 80 valence electrons. The van der Waals surface area contributed by atoms with Gasteiger partial charge in [-0.3, -0.25) is 0 Å². The van der Waals surface area contributed by atoms with Crippen molar-refractivity contribution in [1.82, 2.24) is 5.32 Å². The molecular weight excluding hydrogens is 158 g/mol. The van der Waals surface area contributed by atoms with Gasteiger partial charge >= 0.3 is 0 Å². The molecule has 0 spiro atoms. The molecule has 1 nitrogen and oxygen atoms in total. The Kier molecular flexibility index (Phi) is 8.53. The van der Waals surface area contributed by atoms with Gasteiger partial charge in [-0.15, -0.1) is 0 Å². The van der Waals surface area contributed by atoms with E-state index in [1.807, 2.05) is 7.05 Å². The fourth-order valence-electron chi connectivity index (χ4n) is 1.82. The van der Waals surface area contributed by atoms with Crippen molar-refractivity contribution in [2.75, 3.05) is 13.6 Å². The van der Waals surface area contributed by atoms with Crippen molar-refractivity contribution in [3.05, 3.63) is 0 Å². The van der Waals surface area contributed by atoms with Crippen molar-refractivity contribution < 1.29 is 0 Å². The largest absolute Gasteiger partial charge is 0.320 e. The average Bonchev–Trinajstić information content (AvgIpc) is 2.10. The maximum Gasteiger partial charge on any atom is -0.00518 e. The molecule has 0 aliphatic carbocycles. The number of hydrogen-bond acceptors (Lipinski definition) is 1. The molecule has 0 amide bonds. The summed E-state index contributed by atoms with van der Waals surface area (Å²) in [5, 5.41) is 3.22. The van der Waals surface area contributed by atoms with Crippen molar-refractivity contribution in [2.45, 2.75) is 52.9 Å². The van der Waals surface area contributed by atoms with Crippen LogP contribution in [0.4, 0.5) is 0 Å². The van der Waals surface area contributed by atoms with Crippen LogP contribution in [0.15, 0.2) is 0 Å². The molecule has 0 aromatic heterocycles. The summed E-state index contributed by atoms with van der Waals surface area (Å²) in [7, 11) is 2.04. The molecule has 0 saturated carbocycles. The maximum absolute atomic E-state index is 3.22. The second-order valence-corrected chi connectivity index (χ2v) is 4.39. The molecule has 0 rings (SSSR count). The van der Waals surface area contributed by atoms with Gasteiger partial charge in [-0.05, 0) is 38.3 Å². The van der Waals surface area contributed by atoms with Gasteiger partial charge in [0.1, 0.15) is 0 Å². The van der Waals surface area contributed by atoms with Crippen molar-refractivity contribution in [3.63, 3.8) is 0 Å². The number of hydrogen-bond donors (Lipinski definition) is 1. The summed E-state index contributed by atoms with van der Waals surface area (Å²) in [6, 6.07) is 0. The van der Waals surface area contributed by atoms with Crippen LogP contribution in [0.2, 0.25) is 0 Å². The van der Waals surface area contributed by atoms with Gasteiger partial charge in [0.2, 0.25) is 0 Å². The summed E-state index contributed by atoms with van der Waals surface area (Å²) in [4.78, 5) is 0. The summed E-state index contributed by atoms with van der Waals surface area (Å²) in [5.41, 5.74) is 0. The van der Waals surface area contributed by atoms with Crippen LogP contribution < -0.4 is 5.32 Å². The Balaban J connectivity index is 3.54. The minimum atomic E-state index is 0.864. The molecule has 0 aromatic rings. The first-order valence-corrected chi connectivity index (χ1v) is 5.87. The third-order valence-electron chi connectivity index (χ3n) is 2.87. The summed E-state index contributed by atoms with van der Waals surface area (Å²) < 4.78 is 0. The van der Waals surface area contributed by atoms with Gasteiger partial charge < -0.3 is 5.32 Å². The van der Waals surface area contributed by atoms with Crippen LogP contribution in [0.1, 0.15) is 52.9 Å². The Hall–Kier alpha value is -0.0400. The highest BCUT2D eigenvalue weighted by molar-refractivity contribution is 4.63. The zero-order valence-corrected chi connectivity index (χ0v) is 9.90. The minimum absolute atomic E-state index is 0.864. The van der Waals surface area contributed by atoms with E-state index in [0.717, 1.165) is 11.8 Å². The Morgan fingerprint density at radius 3 is 2.15 bits per heavy atom. The second-order valence-electron chi connectivity index (χ2n) is 4.39. The Bertz CT molecular complexity index is 99.3. The van der Waals surface area contributed by atoms with Gasteiger partial charge in [0.25, 0.3) is 0 Å². The lowest BCUT2D eigenvalue weighted by atomic mass is 9.87. The molecule has 0 bridgehead atoms. The molecule has 1 atom stereocenters. The van der Waals surface area contributed by atoms with E-state index in [-0.39, 0.29) is 0 Å². The van der Waals surface area contributed by atoms with Crippen molar-refractivity contribution in [3.8, 4) is 0 Å². The predicted octanol–water partition coefficient (Wildman–Crippen LogP) is 3.45. The summed E-state index contributed by atoms with van der Waals surface area (Å²) in [6.07, 6.45) is 6.91. The molecule has 1 heteroatoms. The number of nitrogens with one attached hydrogen (secondary N) is 1. The monoisotopic (exact) mass is 185 g/mol. The van der Waals surface area contributed by atoms with E-state index in [1.165, 1.54) is 38.6 Å². The third-order valence-corrected chi connectivity index (χ3v) is 2.87. The molecule has 0 saturated heterocycles. The van der Waals surface area contributed by atoms with E-state index in [1.54, 1.807) is 0 Å². The highest BCUT2D eigenvalue weighted by Gasteiger charge is 2.11. The normalized spacial score (nSPS) is 13.6. The lowest BCUT2D eigenvalue weighted by Gasteiger charge is -2.20. The van der Waals surface area contributed by atoms with Gasteiger partial charge in [0, 0.05) is 0 Å². The molecule has 0 radical (unpaired) electrons. The molecule has 0 fully saturated rings. The Morgan fingerprint density at radius 1 is 1.08 bits per heavy atom. The quantitative estimate of drug-likeness (QED) is 0.571. The molecule has 0 aliphatic rings. The lowest BCUT2D eigenvalue weighted by molar-refractivity contribution is 0.320. The smallest absolute Gasteiger partial charge is 0.00518 e. The second kappa shape index (κ2) is 8.55. The maximum atomic E-state index is 3.22. The molecule has 13 heavy (non-hydrogen) atoms. The van der Waals surface area contributed by atoms with Crippen molar-refractivity contribution >= 4 is 0 Å². The molecule has 0 heterocycles. The van der Waals surface area contributed by atoms with Crippen LogP contribution in [0.3, 0.4) is 0 Å². The van der Waals surface area contributed by atoms with Gasteiger partial charge in [0.15, 0.2) is 0 Å². The van der Waals surface area contributed by atoms with E-state index in [9.17, 15) is 0 Å². The van der Waals surface area contributed by atoms with Crippen molar-refractivity contribution in [1.29, 1.82) is 0 Å². The lowest BCUT2D eigenvalue weighted by Crippen LogP contribution is -2.13. The Morgan fingerprint density at radius 2 is 1.69 bits per heavy atom. The molecule has 1 N–H and O–H groups in total. The van der Waals surface area contributed by atoms with E-state index >= 15 is 0 Å². The molecular formula is C12H27N. The fraction of sp³-hybridized carbons (Fsp3) is 1.00. The first kappa shape index (κ1) is 13.0. The van der Waals surface area contributed by atoms with Gasteiger partial charge in [0.05, 0.1) is 0 Å². The minimum Gasteiger partial charge on any atom is -0.320 e. The summed E-state index contributed by atoms with van der Waals surface area (Å²) in [6.45, 7) is 8.18. The Labute approximate surface area is 84.3 Å². The molecule has 0 aliphatic heterocycles. The number of unbranched alkanes of at least 4 members (excludes halogenated alkanes) is 1. The van der Waals surface area contributed by atoms with E-state index in [2.05, 4.69) is 26.1 Å². The van der Waals surface area contributed by atoms with Crippen LogP contribution in [0, 0.1) is 11.8 Å². The van der Waals surface area contributed by atoms with Gasteiger partial charge in [-0.2, -0.15) is 0 Å². The van der Waals surface area contributed by atoms with Crippen LogP contribution in [0.25, 0.3) is 0 Å². The summed E-state index contributed by atoms with van der Waals surface area (Å²) >= 11 is 0. The van der Waals surface area contributed by atoms with Gasteiger partial charge in [-0.25, -0.2) is 0 Å². The predicted molar refractivity (Wildman–Crippen MR) is 61.0 cm³/mol. The van der Waals surface area contributed by atoms with Crippen molar-refractivity contribution in [2.24, 2.45) is 11.8 Å². The van der Waals surface area contributed by atoms with Gasteiger partial charge in [-0.1, -0.05) is 40.0 Å². The summed E-state index contributed by atoms with van der Waals surface area (Å²) in [5.74, 6) is 1.82. The molecule has 0 aromatic carbocycles. The standard InChI is InChI=1S/C12H27N/c1-5-6-8-12(11(2)3)9-7-10-13-4/h11-13H,5-10H2,1-4H3. The number of rotatable bonds is 8. The SMILES string of the molecule is CCCCC(CCCNC)C(C)C. The molecule has 1 unspecified atom stereocenters. The van der Waals surface area contributed by atoms with Crippen LogP contribution >= 0.6 is 0 Å². The zero-order valence-electron chi connectivity index (χ0n) is 9.90. The third kappa shape index (κ3) is 7.06. The first-order valence-electron chi connectivity index (χ1n) is 5.87. The van der Waals surface area contributed by atoms with Crippen LogP contribution in [0.5, 0.6) is 0 Å². The topological polar surface area (TPSA) is 12.0 Å². The van der Waals surface area contributed by atoms with E-state index < -0.39 is 0 Å². The highest BCUT2D eigenvalue weighted by Crippen LogP contribution is 2.22. The zero-order chi connectivity index (χ0) is 10.1. The van der Waals surface area contributed by atoms with Crippen LogP contribution in [-0.2, 0) is 0 Å². The van der Waals surface area contributed by atoms with E-state index in [0.29, 0.717) is 0 Å². The highest BCUT2D eigenvalue weighted by atomic mass is 14.8. The average molecular weight is 185 g/mol.